The highest BCUT2D eigenvalue weighted by atomic mass is 32.1. The first-order valence-corrected chi connectivity index (χ1v) is 14.7. The van der Waals surface area contributed by atoms with E-state index in [1.807, 2.05) is 30.0 Å². The molecule has 8 heteroatoms. The van der Waals surface area contributed by atoms with Gasteiger partial charge >= 0.3 is 0 Å². The number of aryl methyl sites for hydroxylation is 1. The molecule has 210 valence electrons. The Hall–Kier alpha value is -2.58. The van der Waals surface area contributed by atoms with E-state index < -0.39 is 0 Å². The molecule has 1 aromatic heterocycles. The van der Waals surface area contributed by atoms with Crippen molar-refractivity contribution in [2.24, 2.45) is 5.92 Å². The quantitative estimate of drug-likeness (QED) is 0.278. The second-order valence-electron chi connectivity index (χ2n) is 9.91. The monoisotopic (exact) mass is 544 g/mol. The lowest BCUT2D eigenvalue weighted by molar-refractivity contribution is -0.144. The largest absolute Gasteiger partial charge is 0.493 e. The van der Waals surface area contributed by atoms with Crippen LogP contribution in [0.4, 0.5) is 0 Å². The zero-order chi connectivity index (χ0) is 27.3. The number of rotatable bonds is 15. The molecule has 0 atom stereocenters. The van der Waals surface area contributed by atoms with Crippen molar-refractivity contribution in [3.8, 4) is 11.5 Å². The first-order chi connectivity index (χ1) is 18.4. The van der Waals surface area contributed by atoms with Gasteiger partial charge in [-0.15, -0.1) is 11.3 Å². The number of benzene rings is 1. The maximum atomic E-state index is 13.7. The van der Waals surface area contributed by atoms with Crippen molar-refractivity contribution in [2.75, 3.05) is 47.1 Å². The van der Waals surface area contributed by atoms with E-state index in [4.69, 9.17) is 14.2 Å². The number of methoxy groups -OCH3 is 2. The van der Waals surface area contributed by atoms with Crippen LogP contribution in [0.2, 0.25) is 0 Å². The predicted molar refractivity (Wildman–Crippen MR) is 152 cm³/mol. The Bertz CT molecular complexity index is 1020. The standard InChI is InChI=1S/C30H44N2O5S/c1-5-37-19-9-17-32(30(34)25-10-7-6-8-11-25)22-29(33)31(21-26-14-12-23(2)38-26)18-16-24-13-15-27(35-3)28(20-24)36-4/h12-15,20,25H,5-11,16-19,21-22H2,1-4H3. The summed E-state index contributed by atoms with van der Waals surface area (Å²) in [7, 11) is 3.25. The summed E-state index contributed by atoms with van der Waals surface area (Å²) in [6.45, 7) is 7.03. The molecule has 0 bridgehead atoms. The number of nitrogens with zero attached hydrogens (tertiary/aromatic N) is 2. The SMILES string of the molecule is CCOCCCN(CC(=O)N(CCc1ccc(OC)c(OC)c1)Cc1ccc(C)s1)C(=O)C1CCCCC1. The van der Waals surface area contributed by atoms with Gasteiger partial charge in [-0.3, -0.25) is 9.59 Å². The molecule has 3 rings (SSSR count). The van der Waals surface area contributed by atoms with Gasteiger partial charge in [0.1, 0.15) is 0 Å². The lowest BCUT2D eigenvalue weighted by atomic mass is 9.88. The van der Waals surface area contributed by atoms with E-state index >= 15 is 0 Å². The van der Waals surface area contributed by atoms with Crippen molar-refractivity contribution >= 4 is 23.2 Å². The Kier molecular flexibility index (Phi) is 12.4. The molecule has 1 aromatic carbocycles. The Morgan fingerprint density at radius 3 is 2.39 bits per heavy atom. The van der Waals surface area contributed by atoms with Gasteiger partial charge < -0.3 is 24.0 Å². The summed E-state index contributed by atoms with van der Waals surface area (Å²) < 4.78 is 16.3. The minimum absolute atomic E-state index is 0.0166. The first-order valence-electron chi connectivity index (χ1n) is 13.9. The number of hydrogen-bond acceptors (Lipinski definition) is 6. The highest BCUT2D eigenvalue weighted by Gasteiger charge is 2.28. The van der Waals surface area contributed by atoms with Gasteiger partial charge in [-0.05, 0) is 69.4 Å². The van der Waals surface area contributed by atoms with Crippen molar-refractivity contribution in [3.63, 3.8) is 0 Å². The van der Waals surface area contributed by atoms with Gasteiger partial charge in [-0.25, -0.2) is 0 Å². The fourth-order valence-electron chi connectivity index (χ4n) is 4.99. The number of carbonyl (C=O) groups excluding carboxylic acids is 2. The van der Waals surface area contributed by atoms with E-state index in [1.165, 1.54) is 11.3 Å². The first kappa shape index (κ1) is 30.0. The minimum atomic E-state index is -0.0166. The van der Waals surface area contributed by atoms with Crippen LogP contribution in [0.3, 0.4) is 0 Å². The molecule has 1 aliphatic carbocycles. The second-order valence-corrected chi connectivity index (χ2v) is 11.3. The molecule has 2 aromatic rings. The van der Waals surface area contributed by atoms with Gasteiger partial charge in [-0.2, -0.15) is 0 Å². The molecule has 38 heavy (non-hydrogen) atoms. The van der Waals surface area contributed by atoms with Crippen LogP contribution in [0.1, 0.15) is 60.8 Å². The predicted octanol–water partition coefficient (Wildman–Crippen LogP) is 5.48. The summed E-state index contributed by atoms with van der Waals surface area (Å²) >= 11 is 1.71. The van der Waals surface area contributed by atoms with E-state index in [1.54, 1.807) is 30.5 Å². The van der Waals surface area contributed by atoms with E-state index in [0.717, 1.165) is 42.5 Å². The molecule has 0 spiro atoms. The summed E-state index contributed by atoms with van der Waals surface area (Å²) in [5, 5.41) is 0. The molecule has 1 heterocycles. The molecular weight excluding hydrogens is 500 g/mol. The molecule has 7 nitrogen and oxygen atoms in total. The molecule has 1 saturated carbocycles. The average Bonchev–Trinajstić information content (AvgIpc) is 3.36. The molecule has 0 radical (unpaired) electrons. The van der Waals surface area contributed by atoms with E-state index in [-0.39, 0.29) is 24.3 Å². The van der Waals surface area contributed by atoms with Gasteiger partial charge in [-0.1, -0.05) is 25.3 Å². The van der Waals surface area contributed by atoms with Crippen LogP contribution in [-0.4, -0.2) is 68.7 Å². The Labute approximate surface area is 232 Å². The van der Waals surface area contributed by atoms with E-state index in [0.29, 0.717) is 50.8 Å². The number of hydrogen-bond donors (Lipinski definition) is 0. The Morgan fingerprint density at radius 1 is 0.974 bits per heavy atom. The van der Waals surface area contributed by atoms with Crippen molar-refractivity contribution in [3.05, 3.63) is 45.6 Å². The molecule has 1 aliphatic rings. The van der Waals surface area contributed by atoms with Crippen molar-refractivity contribution < 1.29 is 23.8 Å². The molecule has 1 fully saturated rings. The van der Waals surface area contributed by atoms with Crippen LogP contribution in [-0.2, 0) is 27.3 Å². The number of carbonyl (C=O) groups is 2. The third-order valence-corrected chi connectivity index (χ3v) is 8.11. The lowest BCUT2D eigenvalue weighted by Crippen LogP contribution is -2.46. The third kappa shape index (κ3) is 9.02. The van der Waals surface area contributed by atoms with E-state index in [9.17, 15) is 9.59 Å². The summed E-state index contributed by atoms with van der Waals surface area (Å²) in [6, 6.07) is 10.0. The average molecular weight is 545 g/mol. The normalized spacial score (nSPS) is 13.8. The summed E-state index contributed by atoms with van der Waals surface area (Å²) in [4.78, 5) is 33.3. The fraction of sp³-hybridized carbons (Fsp3) is 0.600. The summed E-state index contributed by atoms with van der Waals surface area (Å²) in [6.07, 6.45) is 6.63. The number of ether oxygens (including phenoxy) is 3. The van der Waals surface area contributed by atoms with Crippen LogP contribution < -0.4 is 9.47 Å². The maximum Gasteiger partial charge on any atom is 0.242 e. The highest BCUT2D eigenvalue weighted by Crippen LogP contribution is 2.28. The van der Waals surface area contributed by atoms with Gasteiger partial charge in [0.05, 0.1) is 27.3 Å². The van der Waals surface area contributed by atoms with Crippen LogP contribution in [0, 0.1) is 12.8 Å². The van der Waals surface area contributed by atoms with Crippen LogP contribution in [0.25, 0.3) is 0 Å². The van der Waals surface area contributed by atoms with Gasteiger partial charge in [0.25, 0.3) is 0 Å². The minimum Gasteiger partial charge on any atom is -0.493 e. The van der Waals surface area contributed by atoms with Crippen molar-refractivity contribution in [1.29, 1.82) is 0 Å². The van der Waals surface area contributed by atoms with Gasteiger partial charge in [0.2, 0.25) is 11.8 Å². The highest BCUT2D eigenvalue weighted by molar-refractivity contribution is 7.11. The smallest absolute Gasteiger partial charge is 0.242 e. The van der Waals surface area contributed by atoms with Crippen molar-refractivity contribution in [2.45, 2.75) is 65.3 Å². The van der Waals surface area contributed by atoms with Crippen LogP contribution in [0.5, 0.6) is 11.5 Å². The van der Waals surface area contributed by atoms with Gasteiger partial charge in [0.15, 0.2) is 11.5 Å². The lowest BCUT2D eigenvalue weighted by Gasteiger charge is -2.31. The molecule has 0 saturated heterocycles. The number of amides is 2. The Balaban J connectivity index is 1.74. The summed E-state index contributed by atoms with van der Waals surface area (Å²) in [5.41, 5.74) is 1.06. The molecule has 2 amide bonds. The zero-order valence-corrected chi connectivity index (χ0v) is 24.3. The fourth-order valence-corrected chi connectivity index (χ4v) is 5.90. The van der Waals surface area contributed by atoms with E-state index in [2.05, 4.69) is 19.1 Å². The Morgan fingerprint density at radius 2 is 1.74 bits per heavy atom. The second kappa shape index (κ2) is 15.7. The summed E-state index contributed by atoms with van der Waals surface area (Å²) in [5.74, 6) is 1.50. The molecule has 0 unspecified atom stereocenters. The zero-order valence-electron chi connectivity index (χ0n) is 23.5. The molecular formula is C30H44N2O5S. The van der Waals surface area contributed by atoms with Crippen molar-refractivity contribution in [1.82, 2.24) is 9.80 Å². The maximum absolute atomic E-state index is 13.7. The topological polar surface area (TPSA) is 68.3 Å². The third-order valence-electron chi connectivity index (χ3n) is 7.13. The molecule has 0 N–H and O–H groups in total. The van der Waals surface area contributed by atoms with Gasteiger partial charge in [0, 0.05) is 42.0 Å². The van der Waals surface area contributed by atoms with Crippen LogP contribution in [0.15, 0.2) is 30.3 Å². The molecule has 0 aliphatic heterocycles. The van der Waals surface area contributed by atoms with Crippen LogP contribution >= 0.6 is 11.3 Å². The number of thiophene rings is 1.